The monoisotopic (exact) mass is 499 g/mol. The van der Waals surface area contributed by atoms with Crippen LogP contribution in [-0.4, -0.2) is 48.8 Å². The Kier molecular flexibility index (Phi) is 5.91. The zero-order valence-electron chi connectivity index (χ0n) is 18.0. The fourth-order valence-corrected chi connectivity index (χ4v) is 6.54. The van der Waals surface area contributed by atoms with E-state index in [2.05, 4.69) is 14.7 Å². The Morgan fingerprint density at radius 3 is 2.53 bits per heavy atom. The second-order valence-corrected chi connectivity index (χ2v) is 10.8. The number of Topliss-reactive ketones (excluding diaryl/α,β-unsaturated/α-hetero) is 1. The first-order chi connectivity index (χ1) is 15.9. The Labute approximate surface area is 193 Å². The first-order valence-corrected chi connectivity index (χ1v) is 12.0. The maximum absolute atomic E-state index is 14.8. The number of sulfone groups is 1. The third-order valence-corrected chi connectivity index (χ3v) is 8.86. The van der Waals surface area contributed by atoms with Crippen LogP contribution in [0.15, 0.2) is 35.5 Å². The summed E-state index contributed by atoms with van der Waals surface area (Å²) in [6, 6.07) is 4.75. The molecule has 0 radical (unpaired) electrons. The molecule has 2 heterocycles. The molecule has 7 nitrogen and oxygen atoms in total. The van der Waals surface area contributed by atoms with Crippen LogP contribution in [0.25, 0.3) is 0 Å². The van der Waals surface area contributed by atoms with E-state index in [1.807, 2.05) is 0 Å². The molecule has 1 fully saturated rings. The SMILES string of the molecule is Cc1cc(OC(F)F)cnc1C(=O)Cc1ccc(F)c([C@@]2(CF)CS(=O)(=O)C3(CC3)C(N)=N2)c1. The summed E-state index contributed by atoms with van der Waals surface area (Å²) in [5, 5.41) is 0. The minimum absolute atomic E-state index is 0.00844. The lowest BCUT2D eigenvalue weighted by Crippen LogP contribution is -2.52. The van der Waals surface area contributed by atoms with Gasteiger partial charge in [0, 0.05) is 12.0 Å². The summed E-state index contributed by atoms with van der Waals surface area (Å²) in [6.45, 7) is -2.85. The van der Waals surface area contributed by atoms with Gasteiger partial charge in [-0.2, -0.15) is 8.78 Å². The van der Waals surface area contributed by atoms with Crippen molar-refractivity contribution in [2.24, 2.45) is 10.7 Å². The lowest BCUT2D eigenvalue weighted by Gasteiger charge is -2.35. The number of ether oxygens (including phenoxy) is 1. The summed E-state index contributed by atoms with van der Waals surface area (Å²) in [4.78, 5) is 20.8. The van der Waals surface area contributed by atoms with Gasteiger partial charge in [-0.05, 0) is 49.1 Å². The van der Waals surface area contributed by atoms with Gasteiger partial charge in [0.1, 0.15) is 40.1 Å². The Hall–Kier alpha value is -3.02. The molecule has 1 aliphatic carbocycles. The van der Waals surface area contributed by atoms with E-state index in [0.717, 1.165) is 12.3 Å². The number of hydrogen-bond donors (Lipinski definition) is 1. The van der Waals surface area contributed by atoms with E-state index < -0.39 is 50.8 Å². The second kappa shape index (κ2) is 8.33. The maximum Gasteiger partial charge on any atom is 0.387 e. The van der Waals surface area contributed by atoms with Crippen LogP contribution in [0.5, 0.6) is 5.75 Å². The molecule has 1 spiro atoms. The molecule has 34 heavy (non-hydrogen) atoms. The summed E-state index contributed by atoms with van der Waals surface area (Å²) in [6.07, 6.45) is 1.28. The summed E-state index contributed by atoms with van der Waals surface area (Å²) >= 11 is 0. The number of amidine groups is 1. The quantitative estimate of drug-likeness (QED) is 0.463. The van der Waals surface area contributed by atoms with Gasteiger partial charge in [-0.1, -0.05) is 6.07 Å². The standard InChI is InChI=1S/C22H21F4N3O4S/c1-12-6-14(33-20(25)26)9-28-18(12)17(30)8-13-2-3-16(24)15(7-13)21(10-23)11-34(31,32)22(4-5-22)19(27)29-21/h2-3,6-7,9,20H,4-5,8,10-11H2,1H3,(H2,27,29)/t21-/m1/s1. The third-order valence-electron chi connectivity index (χ3n) is 6.19. The molecular weight excluding hydrogens is 478 g/mol. The van der Waals surface area contributed by atoms with Crippen molar-refractivity contribution in [1.82, 2.24) is 4.98 Å². The Morgan fingerprint density at radius 2 is 1.97 bits per heavy atom. The van der Waals surface area contributed by atoms with E-state index in [9.17, 15) is 30.8 Å². The van der Waals surface area contributed by atoms with Gasteiger partial charge in [0.25, 0.3) is 0 Å². The van der Waals surface area contributed by atoms with Crippen LogP contribution in [-0.2, 0) is 21.8 Å². The fraction of sp³-hybridized carbons (Fsp3) is 0.409. The minimum atomic E-state index is -3.89. The van der Waals surface area contributed by atoms with Gasteiger partial charge < -0.3 is 10.5 Å². The largest absolute Gasteiger partial charge is 0.433 e. The van der Waals surface area contributed by atoms with E-state index in [-0.39, 0.29) is 53.2 Å². The smallest absolute Gasteiger partial charge is 0.387 e. The van der Waals surface area contributed by atoms with Crippen molar-refractivity contribution >= 4 is 21.5 Å². The molecule has 2 N–H and O–H groups in total. The molecule has 1 saturated carbocycles. The van der Waals surface area contributed by atoms with Gasteiger partial charge in [0.15, 0.2) is 15.6 Å². The number of rotatable bonds is 7. The number of carbonyl (C=O) groups excluding carboxylic acids is 1. The molecule has 2 aromatic rings. The highest BCUT2D eigenvalue weighted by atomic mass is 32.2. The number of pyridine rings is 1. The van der Waals surface area contributed by atoms with Gasteiger partial charge in [-0.15, -0.1) is 0 Å². The number of hydrogen-bond acceptors (Lipinski definition) is 7. The number of nitrogens with two attached hydrogens (primary N) is 1. The Balaban J connectivity index is 1.65. The van der Waals surface area contributed by atoms with Crippen molar-refractivity contribution in [1.29, 1.82) is 0 Å². The highest BCUT2D eigenvalue weighted by molar-refractivity contribution is 7.94. The molecule has 0 unspecified atom stereocenters. The van der Waals surface area contributed by atoms with Gasteiger partial charge in [0.2, 0.25) is 0 Å². The molecule has 1 aliphatic heterocycles. The molecule has 0 saturated heterocycles. The molecule has 2 aliphatic rings. The topological polar surface area (TPSA) is 112 Å². The van der Waals surface area contributed by atoms with Crippen molar-refractivity contribution in [2.45, 2.75) is 43.1 Å². The van der Waals surface area contributed by atoms with E-state index in [4.69, 9.17) is 5.73 Å². The predicted octanol–water partition coefficient (Wildman–Crippen LogP) is 3.04. The average Bonchev–Trinajstić information content (AvgIpc) is 3.56. The summed E-state index contributed by atoms with van der Waals surface area (Å²) in [5.41, 5.74) is 4.08. The fourth-order valence-electron chi connectivity index (χ4n) is 4.25. The van der Waals surface area contributed by atoms with Gasteiger partial charge in [-0.3, -0.25) is 9.79 Å². The molecule has 0 bridgehead atoms. The first-order valence-electron chi connectivity index (χ1n) is 10.3. The van der Waals surface area contributed by atoms with Crippen LogP contribution in [0.1, 0.15) is 40.0 Å². The third kappa shape index (κ3) is 4.04. The van der Waals surface area contributed by atoms with E-state index in [1.165, 1.54) is 25.1 Å². The van der Waals surface area contributed by atoms with Crippen LogP contribution >= 0.6 is 0 Å². The molecule has 0 amide bonds. The summed E-state index contributed by atoms with van der Waals surface area (Å²) < 4.78 is 82.5. The number of ketones is 1. The number of carbonyl (C=O) groups is 1. The molecule has 182 valence electrons. The number of nitrogens with zero attached hydrogens (tertiary/aromatic N) is 2. The number of halogens is 4. The zero-order chi connectivity index (χ0) is 24.9. The van der Waals surface area contributed by atoms with Crippen LogP contribution in [0.2, 0.25) is 0 Å². The average molecular weight is 499 g/mol. The lowest BCUT2D eigenvalue weighted by molar-refractivity contribution is -0.0501. The van der Waals surface area contributed by atoms with Crippen LogP contribution in [0.4, 0.5) is 17.6 Å². The summed E-state index contributed by atoms with van der Waals surface area (Å²) in [5.74, 6) is -2.57. The highest BCUT2D eigenvalue weighted by Crippen LogP contribution is 2.50. The highest BCUT2D eigenvalue weighted by Gasteiger charge is 2.63. The van der Waals surface area contributed by atoms with E-state index >= 15 is 0 Å². The molecular formula is C22H21F4N3O4S. The van der Waals surface area contributed by atoms with Crippen LogP contribution in [0.3, 0.4) is 0 Å². The lowest BCUT2D eigenvalue weighted by atomic mass is 9.90. The van der Waals surface area contributed by atoms with E-state index in [1.54, 1.807) is 0 Å². The molecule has 1 atom stereocenters. The molecule has 1 aromatic heterocycles. The van der Waals surface area contributed by atoms with Gasteiger partial charge in [-0.25, -0.2) is 22.2 Å². The van der Waals surface area contributed by atoms with Crippen molar-refractivity contribution in [3.05, 3.63) is 58.7 Å². The van der Waals surface area contributed by atoms with Crippen molar-refractivity contribution in [3.8, 4) is 5.75 Å². The Morgan fingerprint density at radius 1 is 1.26 bits per heavy atom. The predicted molar refractivity (Wildman–Crippen MR) is 115 cm³/mol. The Bertz CT molecular complexity index is 1300. The van der Waals surface area contributed by atoms with Crippen LogP contribution < -0.4 is 10.5 Å². The van der Waals surface area contributed by atoms with Crippen molar-refractivity contribution in [2.75, 3.05) is 12.4 Å². The van der Waals surface area contributed by atoms with Gasteiger partial charge >= 0.3 is 6.61 Å². The number of alkyl halides is 3. The number of aryl methyl sites for hydroxylation is 1. The summed E-state index contributed by atoms with van der Waals surface area (Å²) in [7, 11) is -3.89. The molecule has 1 aromatic carbocycles. The number of aromatic nitrogens is 1. The second-order valence-electron chi connectivity index (χ2n) is 8.54. The van der Waals surface area contributed by atoms with Crippen molar-refractivity contribution in [3.63, 3.8) is 0 Å². The normalized spacial score (nSPS) is 22.5. The molecule has 4 rings (SSSR count). The number of aliphatic imine (C=N–C) groups is 1. The first kappa shape index (κ1) is 24.1. The minimum Gasteiger partial charge on any atom is -0.433 e. The van der Waals surface area contributed by atoms with Gasteiger partial charge in [0.05, 0.1) is 11.9 Å². The van der Waals surface area contributed by atoms with E-state index in [0.29, 0.717) is 0 Å². The van der Waals surface area contributed by atoms with Crippen molar-refractivity contribution < 1.29 is 35.5 Å². The molecule has 12 heteroatoms. The maximum atomic E-state index is 14.8. The zero-order valence-corrected chi connectivity index (χ0v) is 18.8. The van der Waals surface area contributed by atoms with Crippen LogP contribution in [0, 0.1) is 12.7 Å². The number of benzene rings is 1.